The molecule has 0 fully saturated rings. The Labute approximate surface area is 168 Å². The third kappa shape index (κ3) is 6.01. The van der Waals surface area contributed by atoms with Crippen molar-refractivity contribution in [1.29, 1.82) is 0 Å². The number of non-ortho nitro benzene ring substituents is 1. The molecule has 1 N–H and O–H groups in total. The van der Waals surface area contributed by atoms with Crippen molar-refractivity contribution >= 4 is 33.0 Å². The Bertz CT molecular complexity index is 1020. The van der Waals surface area contributed by atoms with Crippen molar-refractivity contribution in [1.82, 2.24) is 5.43 Å². The minimum absolute atomic E-state index is 0.0612. The van der Waals surface area contributed by atoms with Gasteiger partial charge in [-0.05, 0) is 48.9 Å². The minimum Gasteiger partial charge on any atom is -0.497 e. The van der Waals surface area contributed by atoms with E-state index in [-0.39, 0.29) is 5.69 Å². The van der Waals surface area contributed by atoms with E-state index in [1.807, 2.05) is 0 Å². The predicted octanol–water partition coefficient (Wildman–Crippen LogP) is 1.91. The van der Waals surface area contributed by atoms with Gasteiger partial charge in [0.25, 0.3) is 11.6 Å². The molecule has 10 nitrogen and oxygen atoms in total. The van der Waals surface area contributed by atoms with Crippen LogP contribution in [0.5, 0.6) is 5.75 Å². The molecule has 11 heteroatoms. The van der Waals surface area contributed by atoms with Crippen molar-refractivity contribution in [2.45, 2.75) is 6.92 Å². The molecule has 29 heavy (non-hydrogen) atoms. The van der Waals surface area contributed by atoms with Crippen molar-refractivity contribution in [2.24, 2.45) is 5.10 Å². The highest BCUT2D eigenvalue weighted by atomic mass is 32.2. The molecule has 0 saturated heterocycles. The van der Waals surface area contributed by atoms with Crippen molar-refractivity contribution in [3.05, 3.63) is 64.2 Å². The molecule has 0 spiro atoms. The van der Waals surface area contributed by atoms with Gasteiger partial charge in [-0.3, -0.25) is 19.2 Å². The zero-order chi connectivity index (χ0) is 21.6. The van der Waals surface area contributed by atoms with Gasteiger partial charge in [0, 0.05) is 12.1 Å². The van der Waals surface area contributed by atoms with E-state index in [4.69, 9.17) is 4.74 Å². The summed E-state index contributed by atoms with van der Waals surface area (Å²) in [6.07, 6.45) is 0.996. The number of methoxy groups -OCH3 is 1. The van der Waals surface area contributed by atoms with Crippen LogP contribution in [0.4, 0.5) is 11.4 Å². The number of nitrogens with zero attached hydrogens (tertiary/aromatic N) is 3. The minimum atomic E-state index is -3.72. The first-order chi connectivity index (χ1) is 13.6. The molecule has 0 aliphatic heterocycles. The topological polar surface area (TPSA) is 131 Å². The number of nitro groups is 1. The van der Waals surface area contributed by atoms with Crippen LogP contribution in [0.15, 0.2) is 53.6 Å². The number of anilines is 1. The molecule has 0 radical (unpaired) electrons. The van der Waals surface area contributed by atoms with Crippen LogP contribution >= 0.6 is 0 Å². The van der Waals surface area contributed by atoms with Crippen molar-refractivity contribution in [2.75, 3.05) is 24.2 Å². The van der Waals surface area contributed by atoms with Crippen LogP contribution < -0.4 is 14.5 Å². The van der Waals surface area contributed by atoms with Gasteiger partial charge in [0.1, 0.15) is 12.3 Å². The summed E-state index contributed by atoms with van der Waals surface area (Å²) >= 11 is 0. The molecule has 0 heterocycles. The maximum absolute atomic E-state index is 12.2. The highest BCUT2D eigenvalue weighted by molar-refractivity contribution is 7.92. The Morgan fingerprint density at radius 2 is 1.76 bits per heavy atom. The maximum atomic E-state index is 12.2. The lowest BCUT2D eigenvalue weighted by atomic mass is 10.1. The largest absolute Gasteiger partial charge is 0.497 e. The summed E-state index contributed by atoms with van der Waals surface area (Å²) in [4.78, 5) is 22.4. The first-order valence-electron chi connectivity index (χ1n) is 8.31. The lowest BCUT2D eigenvalue weighted by Crippen LogP contribution is -2.39. The van der Waals surface area contributed by atoms with E-state index >= 15 is 0 Å². The molecular weight excluding hydrogens is 400 g/mol. The van der Waals surface area contributed by atoms with Gasteiger partial charge in [0.15, 0.2) is 0 Å². The third-order valence-electron chi connectivity index (χ3n) is 3.89. The summed E-state index contributed by atoms with van der Waals surface area (Å²) in [7, 11) is -2.23. The van der Waals surface area contributed by atoms with Gasteiger partial charge in [-0.1, -0.05) is 0 Å². The zero-order valence-electron chi connectivity index (χ0n) is 16.0. The van der Waals surface area contributed by atoms with Crippen LogP contribution in [0.25, 0.3) is 0 Å². The number of amides is 1. The average Bonchev–Trinajstić information content (AvgIpc) is 2.69. The molecule has 2 aromatic rings. The normalized spacial score (nSPS) is 11.6. The Morgan fingerprint density at radius 3 is 2.24 bits per heavy atom. The summed E-state index contributed by atoms with van der Waals surface area (Å²) < 4.78 is 30.2. The number of sulfonamides is 1. The Morgan fingerprint density at radius 1 is 1.17 bits per heavy atom. The second kappa shape index (κ2) is 9.15. The molecule has 1 amide bonds. The van der Waals surface area contributed by atoms with Crippen LogP contribution in [0.1, 0.15) is 12.5 Å². The fourth-order valence-electron chi connectivity index (χ4n) is 2.35. The van der Waals surface area contributed by atoms with E-state index in [1.165, 1.54) is 43.5 Å². The number of carbonyl (C=O) groups is 1. The van der Waals surface area contributed by atoms with Gasteiger partial charge >= 0.3 is 0 Å². The van der Waals surface area contributed by atoms with E-state index in [0.29, 0.717) is 22.7 Å². The lowest BCUT2D eigenvalue weighted by molar-refractivity contribution is -0.384. The Kier molecular flexibility index (Phi) is 6.89. The van der Waals surface area contributed by atoms with Gasteiger partial charge in [-0.25, -0.2) is 13.8 Å². The summed E-state index contributed by atoms with van der Waals surface area (Å²) in [6.45, 7) is 1.14. The number of nitro benzene ring substituents is 1. The number of hydrazone groups is 1. The first kappa shape index (κ1) is 21.8. The van der Waals surface area contributed by atoms with Gasteiger partial charge < -0.3 is 4.74 Å². The Hall–Kier alpha value is -3.47. The lowest BCUT2D eigenvalue weighted by Gasteiger charge is -2.21. The van der Waals surface area contributed by atoms with E-state index in [0.717, 1.165) is 10.6 Å². The van der Waals surface area contributed by atoms with Crippen molar-refractivity contribution < 1.29 is 22.9 Å². The number of hydrogen-bond acceptors (Lipinski definition) is 7. The van der Waals surface area contributed by atoms with E-state index in [1.54, 1.807) is 19.1 Å². The van der Waals surface area contributed by atoms with Gasteiger partial charge in [0.05, 0.1) is 29.7 Å². The number of rotatable bonds is 8. The molecule has 0 aliphatic carbocycles. The van der Waals surface area contributed by atoms with Gasteiger partial charge in [-0.15, -0.1) is 0 Å². The number of carbonyl (C=O) groups excluding carboxylic acids is 1. The quantitative estimate of drug-likeness (QED) is 0.394. The maximum Gasteiger partial charge on any atom is 0.269 e. The molecule has 0 unspecified atom stereocenters. The molecule has 0 aliphatic rings. The molecule has 2 aromatic carbocycles. The highest BCUT2D eigenvalue weighted by Crippen LogP contribution is 2.21. The van der Waals surface area contributed by atoms with Gasteiger partial charge in [0.2, 0.25) is 10.0 Å². The summed E-state index contributed by atoms with van der Waals surface area (Å²) in [5.74, 6) is -0.0949. The first-order valence-corrected chi connectivity index (χ1v) is 10.2. The molecule has 0 aromatic heterocycles. The van der Waals surface area contributed by atoms with Crippen LogP contribution in [0.2, 0.25) is 0 Å². The number of benzene rings is 2. The molecule has 0 bridgehead atoms. The van der Waals surface area contributed by atoms with E-state index in [2.05, 4.69) is 10.5 Å². The molecular formula is C18H20N4O6S. The number of nitrogens with one attached hydrogen (secondary N) is 1. The van der Waals surface area contributed by atoms with Crippen molar-refractivity contribution in [3.8, 4) is 5.75 Å². The van der Waals surface area contributed by atoms with Crippen LogP contribution in [-0.2, 0) is 14.8 Å². The Balaban J connectivity index is 2.11. The van der Waals surface area contributed by atoms with Gasteiger partial charge in [-0.2, -0.15) is 5.10 Å². The summed E-state index contributed by atoms with van der Waals surface area (Å²) in [6, 6.07) is 11.9. The summed E-state index contributed by atoms with van der Waals surface area (Å²) in [5.41, 5.74) is 3.52. The smallest absolute Gasteiger partial charge is 0.269 e. The fourth-order valence-corrected chi connectivity index (χ4v) is 3.21. The SMILES string of the molecule is COc1ccc(N(CC(=O)N/N=C(/C)c2ccc([N+](=O)[O-])cc2)S(C)(=O)=O)cc1. The van der Waals surface area contributed by atoms with Crippen LogP contribution in [-0.4, -0.2) is 44.9 Å². The molecule has 0 atom stereocenters. The molecule has 2 rings (SSSR count). The monoisotopic (exact) mass is 420 g/mol. The fraction of sp³-hybridized carbons (Fsp3) is 0.222. The standard InChI is InChI=1S/C18H20N4O6S/c1-13(14-4-6-16(7-5-14)22(24)25)19-20-18(23)12-21(29(3,26)27)15-8-10-17(28-2)11-9-15/h4-11H,12H2,1-3H3,(H,20,23)/b19-13-. The molecule has 154 valence electrons. The van der Waals surface area contributed by atoms with Crippen molar-refractivity contribution in [3.63, 3.8) is 0 Å². The number of ether oxygens (including phenoxy) is 1. The molecule has 0 saturated carbocycles. The number of hydrogen-bond donors (Lipinski definition) is 1. The second-order valence-corrected chi connectivity index (χ2v) is 7.91. The van der Waals surface area contributed by atoms with Crippen LogP contribution in [0, 0.1) is 10.1 Å². The predicted molar refractivity (Wildman–Crippen MR) is 109 cm³/mol. The second-order valence-electron chi connectivity index (χ2n) is 6.00. The van der Waals surface area contributed by atoms with E-state index < -0.39 is 27.4 Å². The van der Waals surface area contributed by atoms with E-state index in [9.17, 15) is 23.3 Å². The zero-order valence-corrected chi connectivity index (χ0v) is 16.8. The van der Waals surface area contributed by atoms with Crippen LogP contribution in [0.3, 0.4) is 0 Å². The summed E-state index contributed by atoms with van der Waals surface area (Å²) in [5, 5.41) is 14.6. The highest BCUT2D eigenvalue weighted by Gasteiger charge is 2.21. The third-order valence-corrected chi connectivity index (χ3v) is 5.03. The average molecular weight is 420 g/mol.